The second kappa shape index (κ2) is 9.12. The second-order valence-corrected chi connectivity index (χ2v) is 7.85. The summed E-state index contributed by atoms with van der Waals surface area (Å²) < 4.78 is 52.2. The standard InChI is InChI=1S/C21H21F4N7O/c1-13-3-2-10-31(17(13)12-26-19-7-6-18(29-30-19)21(23,24)25)20(33)15-11-14(22)4-5-16(15)32-27-8-9-28-32/h4-9,11,13,17H,2-3,10,12H2,1H3,(H,26,30)/t13?,17-/m1/s1. The van der Waals surface area contributed by atoms with E-state index in [4.69, 9.17) is 0 Å². The molecule has 1 N–H and O–H groups in total. The molecule has 1 aliphatic heterocycles. The second-order valence-electron chi connectivity index (χ2n) is 7.85. The Balaban J connectivity index is 1.55. The fourth-order valence-corrected chi connectivity index (χ4v) is 3.95. The molecule has 0 spiro atoms. The molecule has 1 fully saturated rings. The number of halogens is 4. The van der Waals surface area contributed by atoms with E-state index in [-0.39, 0.29) is 35.8 Å². The summed E-state index contributed by atoms with van der Waals surface area (Å²) in [6.07, 6.45) is -0.0186. The largest absolute Gasteiger partial charge is 0.435 e. The van der Waals surface area contributed by atoms with E-state index in [1.165, 1.54) is 35.4 Å². The zero-order valence-electron chi connectivity index (χ0n) is 17.6. The number of benzene rings is 1. The third-order valence-electron chi connectivity index (χ3n) is 5.65. The van der Waals surface area contributed by atoms with Crippen molar-refractivity contribution in [3.05, 3.63) is 59.8 Å². The van der Waals surface area contributed by atoms with Crippen molar-refractivity contribution >= 4 is 11.7 Å². The first-order valence-corrected chi connectivity index (χ1v) is 10.4. The topological polar surface area (TPSA) is 88.8 Å². The number of carbonyl (C=O) groups excluding carboxylic acids is 1. The van der Waals surface area contributed by atoms with Crippen molar-refractivity contribution in [3.63, 3.8) is 0 Å². The lowest BCUT2D eigenvalue weighted by Gasteiger charge is -2.40. The smallest absolute Gasteiger partial charge is 0.367 e. The molecule has 0 radical (unpaired) electrons. The lowest BCUT2D eigenvalue weighted by molar-refractivity contribution is -0.141. The van der Waals surface area contributed by atoms with Crippen LogP contribution in [0, 0.1) is 11.7 Å². The van der Waals surface area contributed by atoms with Gasteiger partial charge in [0.05, 0.1) is 29.7 Å². The van der Waals surface area contributed by atoms with E-state index in [9.17, 15) is 22.4 Å². The molecule has 1 aliphatic rings. The molecule has 12 heteroatoms. The van der Waals surface area contributed by atoms with Crippen LogP contribution in [-0.2, 0) is 6.18 Å². The number of hydrogen-bond donors (Lipinski definition) is 1. The third kappa shape index (κ3) is 4.94. The molecular weight excluding hydrogens is 442 g/mol. The first-order chi connectivity index (χ1) is 15.7. The molecule has 2 aromatic heterocycles. The van der Waals surface area contributed by atoms with Crippen LogP contribution in [0.3, 0.4) is 0 Å². The number of piperidine rings is 1. The van der Waals surface area contributed by atoms with Crippen LogP contribution in [0.1, 0.15) is 35.8 Å². The van der Waals surface area contributed by atoms with E-state index in [1.807, 2.05) is 6.92 Å². The highest BCUT2D eigenvalue weighted by atomic mass is 19.4. The van der Waals surface area contributed by atoms with Gasteiger partial charge in [0, 0.05) is 13.1 Å². The van der Waals surface area contributed by atoms with E-state index in [0.29, 0.717) is 12.2 Å². The number of likely N-dealkylation sites (tertiary alicyclic amines) is 1. The van der Waals surface area contributed by atoms with Gasteiger partial charge >= 0.3 is 6.18 Å². The fraction of sp³-hybridized carbons (Fsp3) is 0.381. The Labute approximate surface area is 186 Å². The zero-order valence-corrected chi connectivity index (χ0v) is 17.6. The first kappa shape index (κ1) is 22.6. The van der Waals surface area contributed by atoms with Gasteiger partial charge in [0.1, 0.15) is 11.6 Å². The highest BCUT2D eigenvalue weighted by Crippen LogP contribution is 2.29. The summed E-state index contributed by atoms with van der Waals surface area (Å²) in [4.78, 5) is 16.4. The molecule has 3 aromatic rings. The summed E-state index contributed by atoms with van der Waals surface area (Å²) in [7, 11) is 0. The van der Waals surface area contributed by atoms with Gasteiger partial charge in [-0.15, -0.1) is 10.2 Å². The molecule has 1 unspecified atom stereocenters. The molecule has 1 saturated heterocycles. The highest BCUT2D eigenvalue weighted by molar-refractivity contribution is 5.98. The minimum Gasteiger partial charge on any atom is -0.367 e. The molecular formula is C21H21F4N7O. The summed E-state index contributed by atoms with van der Waals surface area (Å²) >= 11 is 0. The highest BCUT2D eigenvalue weighted by Gasteiger charge is 2.35. The van der Waals surface area contributed by atoms with E-state index >= 15 is 0 Å². The van der Waals surface area contributed by atoms with E-state index in [1.54, 1.807) is 4.90 Å². The Bertz CT molecular complexity index is 1100. The van der Waals surface area contributed by atoms with E-state index < -0.39 is 17.7 Å². The summed E-state index contributed by atoms with van der Waals surface area (Å²) in [5.74, 6) is -0.675. The molecule has 1 amide bonds. The van der Waals surface area contributed by atoms with Gasteiger partial charge in [-0.05, 0) is 49.1 Å². The van der Waals surface area contributed by atoms with Crippen LogP contribution in [0.5, 0.6) is 0 Å². The Hall–Kier alpha value is -3.57. The van der Waals surface area contributed by atoms with Crippen LogP contribution in [0.4, 0.5) is 23.4 Å². The minimum atomic E-state index is -4.57. The third-order valence-corrected chi connectivity index (χ3v) is 5.65. The minimum absolute atomic E-state index is 0.0949. The molecule has 0 saturated carbocycles. The molecule has 3 heterocycles. The SMILES string of the molecule is CC1CCCN(C(=O)c2cc(F)ccc2-n2nccn2)[C@@H]1CNc1ccc(C(F)(F)F)nn1. The summed E-state index contributed by atoms with van der Waals surface area (Å²) in [6.45, 7) is 2.69. The van der Waals surface area contributed by atoms with Crippen LogP contribution >= 0.6 is 0 Å². The normalized spacial score (nSPS) is 18.9. The number of aromatic nitrogens is 5. The Kier molecular flexibility index (Phi) is 6.25. The molecule has 0 bridgehead atoms. The van der Waals surface area contributed by atoms with Crippen molar-refractivity contribution in [2.24, 2.45) is 5.92 Å². The van der Waals surface area contributed by atoms with Crippen LogP contribution in [0.2, 0.25) is 0 Å². The average Bonchev–Trinajstić information content (AvgIpc) is 3.32. The van der Waals surface area contributed by atoms with Crippen LogP contribution < -0.4 is 5.32 Å². The maximum atomic E-state index is 14.0. The summed E-state index contributed by atoms with van der Waals surface area (Å²) in [5, 5.41) is 17.9. The van der Waals surface area contributed by atoms with Crippen LogP contribution in [-0.4, -0.2) is 55.1 Å². The van der Waals surface area contributed by atoms with Crippen molar-refractivity contribution in [2.75, 3.05) is 18.4 Å². The van der Waals surface area contributed by atoms with E-state index in [2.05, 4.69) is 25.7 Å². The molecule has 174 valence electrons. The number of nitrogens with one attached hydrogen (secondary N) is 1. The van der Waals surface area contributed by atoms with Crippen molar-refractivity contribution in [3.8, 4) is 5.69 Å². The number of hydrogen-bond acceptors (Lipinski definition) is 6. The van der Waals surface area contributed by atoms with E-state index in [0.717, 1.165) is 25.0 Å². The Morgan fingerprint density at radius 3 is 2.58 bits per heavy atom. The monoisotopic (exact) mass is 463 g/mol. The maximum absolute atomic E-state index is 14.0. The van der Waals surface area contributed by atoms with Gasteiger partial charge in [-0.3, -0.25) is 4.79 Å². The predicted octanol–water partition coefficient (Wildman–Crippen LogP) is 3.57. The molecule has 33 heavy (non-hydrogen) atoms. The quantitative estimate of drug-likeness (QED) is 0.582. The molecule has 2 atom stereocenters. The van der Waals surface area contributed by atoms with Gasteiger partial charge in [-0.2, -0.15) is 28.2 Å². The number of carbonyl (C=O) groups is 1. The fourth-order valence-electron chi connectivity index (χ4n) is 3.95. The summed E-state index contributed by atoms with van der Waals surface area (Å²) in [6, 6.07) is 5.59. The van der Waals surface area contributed by atoms with Crippen LogP contribution in [0.15, 0.2) is 42.7 Å². The number of anilines is 1. The van der Waals surface area contributed by atoms with Crippen molar-refractivity contribution in [1.82, 2.24) is 30.1 Å². The van der Waals surface area contributed by atoms with Crippen molar-refractivity contribution in [2.45, 2.75) is 32.0 Å². The first-order valence-electron chi connectivity index (χ1n) is 10.4. The Morgan fingerprint density at radius 2 is 1.91 bits per heavy atom. The molecule has 8 nitrogen and oxygen atoms in total. The summed E-state index contributed by atoms with van der Waals surface area (Å²) in [5.41, 5.74) is -0.605. The Morgan fingerprint density at radius 1 is 1.15 bits per heavy atom. The lowest BCUT2D eigenvalue weighted by atomic mass is 9.90. The van der Waals surface area contributed by atoms with Crippen molar-refractivity contribution < 1.29 is 22.4 Å². The molecule has 0 aliphatic carbocycles. The zero-order chi connectivity index (χ0) is 23.6. The van der Waals surface area contributed by atoms with Gasteiger partial charge in [0.25, 0.3) is 5.91 Å². The number of rotatable bonds is 5. The maximum Gasteiger partial charge on any atom is 0.435 e. The van der Waals surface area contributed by atoms with Crippen LogP contribution in [0.25, 0.3) is 5.69 Å². The van der Waals surface area contributed by atoms with Gasteiger partial charge < -0.3 is 10.2 Å². The van der Waals surface area contributed by atoms with Gasteiger partial charge in [-0.25, -0.2) is 4.39 Å². The molecule has 4 rings (SSSR count). The number of amides is 1. The average molecular weight is 463 g/mol. The number of nitrogens with zero attached hydrogens (tertiary/aromatic N) is 6. The van der Waals surface area contributed by atoms with Gasteiger partial charge in [0.2, 0.25) is 0 Å². The molecule has 1 aromatic carbocycles. The number of alkyl halides is 3. The lowest BCUT2D eigenvalue weighted by Crippen LogP contribution is -2.51. The van der Waals surface area contributed by atoms with Crippen molar-refractivity contribution in [1.29, 1.82) is 0 Å². The predicted molar refractivity (Wildman–Crippen MR) is 110 cm³/mol. The van der Waals surface area contributed by atoms with Gasteiger partial charge in [0.15, 0.2) is 5.69 Å². The van der Waals surface area contributed by atoms with Gasteiger partial charge in [-0.1, -0.05) is 6.92 Å².